The fourth-order valence-corrected chi connectivity index (χ4v) is 2.60. The molecule has 0 aromatic rings. The van der Waals surface area contributed by atoms with Gasteiger partial charge >= 0.3 is 0 Å². The molecule has 0 heterocycles. The summed E-state index contributed by atoms with van der Waals surface area (Å²) in [6, 6.07) is 0. The van der Waals surface area contributed by atoms with E-state index < -0.39 is 0 Å². The lowest BCUT2D eigenvalue weighted by Gasteiger charge is -2.27. The second kappa shape index (κ2) is 9.04. The van der Waals surface area contributed by atoms with Crippen molar-refractivity contribution in [2.24, 2.45) is 17.8 Å². The summed E-state index contributed by atoms with van der Waals surface area (Å²) >= 11 is 0. The minimum atomic E-state index is -0.0766. The molecular weight excluding hydrogens is 196 g/mol. The van der Waals surface area contributed by atoms with Crippen molar-refractivity contribution in [1.29, 1.82) is 0 Å². The molecule has 0 saturated heterocycles. The molecule has 0 aromatic heterocycles. The fourth-order valence-electron chi connectivity index (χ4n) is 2.60. The highest BCUT2D eigenvalue weighted by atomic mass is 16.3. The molecule has 0 rings (SSSR count). The van der Waals surface area contributed by atoms with Gasteiger partial charge in [0.15, 0.2) is 0 Å². The van der Waals surface area contributed by atoms with E-state index in [0.29, 0.717) is 17.8 Å². The van der Waals surface area contributed by atoms with E-state index in [4.69, 9.17) is 0 Å². The van der Waals surface area contributed by atoms with Crippen LogP contribution in [0, 0.1) is 17.8 Å². The molecule has 0 aliphatic rings. The third kappa shape index (κ3) is 6.52. The minimum absolute atomic E-state index is 0.0766. The minimum Gasteiger partial charge on any atom is -0.393 e. The van der Waals surface area contributed by atoms with Gasteiger partial charge in [0.25, 0.3) is 0 Å². The van der Waals surface area contributed by atoms with Crippen LogP contribution in [0.2, 0.25) is 0 Å². The Kier molecular flexibility index (Phi) is 9.02. The van der Waals surface area contributed by atoms with Crippen LogP contribution in [0.25, 0.3) is 0 Å². The summed E-state index contributed by atoms with van der Waals surface area (Å²) in [6.45, 7) is 11.2. The number of hydrogen-bond acceptors (Lipinski definition) is 1. The highest BCUT2D eigenvalue weighted by Gasteiger charge is 2.21. The molecule has 0 aliphatic heterocycles. The third-order valence-corrected chi connectivity index (χ3v) is 3.71. The van der Waals surface area contributed by atoms with Gasteiger partial charge in [-0.05, 0) is 37.0 Å². The van der Waals surface area contributed by atoms with E-state index in [1.807, 2.05) is 0 Å². The van der Waals surface area contributed by atoms with Gasteiger partial charge in [-0.25, -0.2) is 0 Å². The number of aliphatic hydroxyl groups is 1. The number of rotatable bonds is 9. The predicted molar refractivity (Wildman–Crippen MR) is 72.5 cm³/mol. The fraction of sp³-hybridized carbons (Fsp3) is 1.00. The molecule has 2 unspecified atom stereocenters. The molecule has 0 fully saturated rings. The van der Waals surface area contributed by atoms with Crippen LogP contribution in [0.3, 0.4) is 0 Å². The van der Waals surface area contributed by atoms with E-state index in [2.05, 4.69) is 34.6 Å². The van der Waals surface area contributed by atoms with Crippen molar-refractivity contribution in [3.05, 3.63) is 0 Å². The van der Waals surface area contributed by atoms with E-state index >= 15 is 0 Å². The standard InChI is InChI=1S/C15H32O/c1-6-9-14(10-12(4)5)15(16)11-13(7-2)8-3/h12-16H,6-11H2,1-5H3. The third-order valence-electron chi connectivity index (χ3n) is 3.71. The van der Waals surface area contributed by atoms with Crippen molar-refractivity contribution in [1.82, 2.24) is 0 Å². The first kappa shape index (κ1) is 16.0. The summed E-state index contributed by atoms with van der Waals surface area (Å²) in [6.07, 6.45) is 6.88. The number of hydrogen-bond donors (Lipinski definition) is 1. The number of aliphatic hydroxyl groups excluding tert-OH is 1. The Morgan fingerprint density at radius 2 is 1.50 bits per heavy atom. The second-order valence-electron chi connectivity index (χ2n) is 5.66. The van der Waals surface area contributed by atoms with E-state index in [1.165, 1.54) is 32.1 Å². The van der Waals surface area contributed by atoms with Crippen LogP contribution >= 0.6 is 0 Å². The van der Waals surface area contributed by atoms with E-state index in [-0.39, 0.29) is 6.10 Å². The topological polar surface area (TPSA) is 20.2 Å². The summed E-state index contributed by atoms with van der Waals surface area (Å²) in [7, 11) is 0. The Morgan fingerprint density at radius 1 is 0.938 bits per heavy atom. The molecule has 98 valence electrons. The van der Waals surface area contributed by atoms with Crippen molar-refractivity contribution in [2.45, 2.75) is 79.2 Å². The SMILES string of the molecule is CCCC(CC(C)C)C(O)CC(CC)CC. The molecule has 0 amide bonds. The van der Waals surface area contributed by atoms with Crippen LogP contribution in [0.15, 0.2) is 0 Å². The molecule has 0 aromatic carbocycles. The van der Waals surface area contributed by atoms with Crippen molar-refractivity contribution in [3.8, 4) is 0 Å². The van der Waals surface area contributed by atoms with Crippen LogP contribution in [-0.4, -0.2) is 11.2 Å². The largest absolute Gasteiger partial charge is 0.393 e. The average molecular weight is 228 g/mol. The Bertz CT molecular complexity index is 150. The van der Waals surface area contributed by atoms with Gasteiger partial charge in [0.1, 0.15) is 0 Å². The molecule has 0 radical (unpaired) electrons. The maximum absolute atomic E-state index is 10.3. The molecule has 1 N–H and O–H groups in total. The predicted octanol–water partition coefficient (Wildman–Crippen LogP) is 4.64. The molecule has 1 heteroatoms. The molecule has 0 saturated carbocycles. The first-order valence-corrected chi connectivity index (χ1v) is 7.23. The summed E-state index contributed by atoms with van der Waals surface area (Å²) in [5.41, 5.74) is 0. The van der Waals surface area contributed by atoms with Crippen LogP contribution in [-0.2, 0) is 0 Å². The first-order chi connectivity index (χ1) is 7.54. The molecule has 0 spiro atoms. The molecule has 16 heavy (non-hydrogen) atoms. The lowest BCUT2D eigenvalue weighted by molar-refractivity contribution is 0.0644. The Hall–Kier alpha value is -0.0400. The maximum Gasteiger partial charge on any atom is 0.0571 e. The summed E-state index contributed by atoms with van der Waals surface area (Å²) in [4.78, 5) is 0. The second-order valence-corrected chi connectivity index (χ2v) is 5.66. The summed E-state index contributed by atoms with van der Waals surface area (Å²) in [5.74, 6) is 1.93. The quantitative estimate of drug-likeness (QED) is 0.609. The lowest BCUT2D eigenvalue weighted by Crippen LogP contribution is -2.24. The van der Waals surface area contributed by atoms with Gasteiger partial charge in [-0.2, -0.15) is 0 Å². The normalized spacial score (nSPS) is 15.8. The highest BCUT2D eigenvalue weighted by Crippen LogP contribution is 2.26. The van der Waals surface area contributed by atoms with Gasteiger partial charge in [0.05, 0.1) is 6.10 Å². The van der Waals surface area contributed by atoms with E-state index in [9.17, 15) is 5.11 Å². The van der Waals surface area contributed by atoms with Gasteiger partial charge in [-0.1, -0.05) is 53.9 Å². The van der Waals surface area contributed by atoms with Crippen LogP contribution in [0.4, 0.5) is 0 Å². The van der Waals surface area contributed by atoms with Crippen LogP contribution in [0.5, 0.6) is 0 Å². The van der Waals surface area contributed by atoms with Gasteiger partial charge in [-0.3, -0.25) is 0 Å². The zero-order valence-electron chi connectivity index (χ0n) is 12.0. The van der Waals surface area contributed by atoms with E-state index in [0.717, 1.165) is 6.42 Å². The molecule has 2 atom stereocenters. The monoisotopic (exact) mass is 228 g/mol. The average Bonchev–Trinajstić information content (AvgIpc) is 2.24. The summed E-state index contributed by atoms with van der Waals surface area (Å²) < 4.78 is 0. The summed E-state index contributed by atoms with van der Waals surface area (Å²) in [5, 5.41) is 10.3. The van der Waals surface area contributed by atoms with Gasteiger partial charge in [0.2, 0.25) is 0 Å². The Morgan fingerprint density at radius 3 is 1.88 bits per heavy atom. The van der Waals surface area contributed by atoms with Crippen molar-refractivity contribution >= 4 is 0 Å². The van der Waals surface area contributed by atoms with Gasteiger partial charge < -0.3 is 5.11 Å². The van der Waals surface area contributed by atoms with Gasteiger partial charge in [0, 0.05) is 0 Å². The van der Waals surface area contributed by atoms with Gasteiger partial charge in [-0.15, -0.1) is 0 Å². The lowest BCUT2D eigenvalue weighted by atomic mass is 9.83. The van der Waals surface area contributed by atoms with Crippen molar-refractivity contribution in [3.63, 3.8) is 0 Å². The van der Waals surface area contributed by atoms with Crippen molar-refractivity contribution in [2.75, 3.05) is 0 Å². The molecular formula is C15H32O. The van der Waals surface area contributed by atoms with Crippen LogP contribution in [0.1, 0.15) is 73.1 Å². The zero-order valence-corrected chi connectivity index (χ0v) is 12.0. The van der Waals surface area contributed by atoms with Crippen LogP contribution < -0.4 is 0 Å². The molecule has 0 bridgehead atoms. The Labute approximate surface area is 103 Å². The first-order valence-electron chi connectivity index (χ1n) is 7.23. The van der Waals surface area contributed by atoms with Crippen molar-refractivity contribution < 1.29 is 5.11 Å². The smallest absolute Gasteiger partial charge is 0.0571 e. The molecule has 1 nitrogen and oxygen atoms in total. The zero-order chi connectivity index (χ0) is 12.6. The van der Waals surface area contributed by atoms with E-state index in [1.54, 1.807) is 0 Å². The molecule has 0 aliphatic carbocycles. The highest BCUT2D eigenvalue weighted by molar-refractivity contribution is 4.73. The Balaban J connectivity index is 4.18. The maximum atomic E-state index is 10.3.